The van der Waals surface area contributed by atoms with E-state index in [1.54, 1.807) is 0 Å². The maximum atomic E-state index is 6.20. The summed E-state index contributed by atoms with van der Waals surface area (Å²) in [5.41, 5.74) is 1.14. The zero-order valence-electron chi connectivity index (χ0n) is 11.6. The van der Waals surface area contributed by atoms with Crippen LogP contribution < -0.4 is 10.1 Å². The van der Waals surface area contributed by atoms with Gasteiger partial charge in [0.1, 0.15) is 5.75 Å². The largest absolute Gasteiger partial charge is 0.492 e. The molecule has 1 rings (SSSR count). The second kappa shape index (κ2) is 8.39. The summed E-state index contributed by atoms with van der Waals surface area (Å²) in [5, 5.41) is 4.12. The summed E-state index contributed by atoms with van der Waals surface area (Å²) in [6.07, 6.45) is 2.19. The van der Waals surface area contributed by atoms with Gasteiger partial charge in [0.25, 0.3) is 0 Å². The Balaban J connectivity index is 2.61. The highest BCUT2D eigenvalue weighted by atomic mass is 35.5. The van der Waals surface area contributed by atoms with Gasteiger partial charge in [0.2, 0.25) is 0 Å². The fourth-order valence-electron chi connectivity index (χ4n) is 1.67. The molecule has 0 amide bonds. The molecule has 1 N–H and O–H groups in total. The zero-order valence-corrected chi connectivity index (χ0v) is 12.4. The Labute approximate surface area is 116 Å². The van der Waals surface area contributed by atoms with E-state index >= 15 is 0 Å². The van der Waals surface area contributed by atoms with Crippen LogP contribution in [0.4, 0.5) is 0 Å². The first-order valence-corrected chi connectivity index (χ1v) is 7.13. The molecule has 1 aromatic carbocycles. The van der Waals surface area contributed by atoms with Crippen molar-refractivity contribution in [3.63, 3.8) is 0 Å². The third-order valence-electron chi connectivity index (χ3n) is 2.66. The molecular weight excluding hydrogens is 246 g/mol. The fourth-order valence-corrected chi connectivity index (χ4v) is 1.92. The molecule has 0 aliphatic carbocycles. The number of rotatable bonds is 8. The van der Waals surface area contributed by atoms with Crippen LogP contribution in [-0.2, 0) is 6.54 Å². The molecule has 0 saturated heterocycles. The number of ether oxygens (including phenoxy) is 1. The van der Waals surface area contributed by atoms with Crippen molar-refractivity contribution in [3.8, 4) is 5.75 Å². The summed E-state index contributed by atoms with van der Waals surface area (Å²) in [6.45, 7) is 9.09. The second-order valence-corrected chi connectivity index (χ2v) is 5.36. The van der Waals surface area contributed by atoms with E-state index in [1.807, 2.05) is 12.1 Å². The van der Waals surface area contributed by atoms with Gasteiger partial charge in [-0.25, -0.2) is 0 Å². The minimum atomic E-state index is 0.647. The molecular formula is C15H24ClNO. The quantitative estimate of drug-likeness (QED) is 0.712. The predicted molar refractivity (Wildman–Crippen MR) is 78.4 cm³/mol. The number of hydrogen-bond donors (Lipinski definition) is 1. The Hall–Kier alpha value is -0.730. The lowest BCUT2D eigenvalue weighted by molar-refractivity contribution is 0.305. The molecule has 2 nitrogen and oxygen atoms in total. The van der Waals surface area contributed by atoms with Gasteiger partial charge in [0, 0.05) is 12.1 Å². The molecule has 1 aromatic rings. The van der Waals surface area contributed by atoms with E-state index < -0.39 is 0 Å². The van der Waals surface area contributed by atoms with Crippen LogP contribution in [0.25, 0.3) is 0 Å². The topological polar surface area (TPSA) is 21.3 Å². The number of halogens is 1. The van der Waals surface area contributed by atoms with E-state index in [1.165, 1.54) is 0 Å². The Kier molecular flexibility index (Phi) is 7.14. The molecule has 102 valence electrons. The Morgan fingerprint density at radius 1 is 1.33 bits per heavy atom. The number of benzene rings is 1. The second-order valence-electron chi connectivity index (χ2n) is 4.95. The van der Waals surface area contributed by atoms with Gasteiger partial charge in [-0.15, -0.1) is 0 Å². The van der Waals surface area contributed by atoms with Crippen LogP contribution in [0.5, 0.6) is 5.75 Å². The lowest BCUT2D eigenvalue weighted by Gasteiger charge is -2.14. The molecule has 0 aromatic heterocycles. The van der Waals surface area contributed by atoms with E-state index in [2.05, 4.69) is 32.2 Å². The molecule has 3 heteroatoms. The Morgan fingerprint density at radius 3 is 2.78 bits per heavy atom. The van der Waals surface area contributed by atoms with Crippen molar-refractivity contribution in [2.75, 3.05) is 13.2 Å². The maximum Gasteiger partial charge on any atom is 0.142 e. The molecule has 0 aliphatic heterocycles. The maximum absolute atomic E-state index is 6.20. The third-order valence-corrected chi connectivity index (χ3v) is 2.96. The highest BCUT2D eigenvalue weighted by Gasteiger charge is 2.08. The molecule has 0 saturated carbocycles. The number of para-hydroxylation sites is 1. The molecule has 0 heterocycles. The van der Waals surface area contributed by atoms with Crippen molar-refractivity contribution >= 4 is 11.6 Å². The summed E-state index contributed by atoms with van der Waals surface area (Å²) in [7, 11) is 0. The van der Waals surface area contributed by atoms with Crippen LogP contribution in [-0.4, -0.2) is 13.2 Å². The van der Waals surface area contributed by atoms with Gasteiger partial charge >= 0.3 is 0 Å². The van der Waals surface area contributed by atoms with Gasteiger partial charge in [-0.1, -0.05) is 50.9 Å². The normalized spacial score (nSPS) is 10.9. The third kappa shape index (κ3) is 5.28. The predicted octanol–water partition coefficient (Wildman–Crippen LogP) is 4.26. The number of unbranched alkanes of at least 4 members (excludes halogenated alkanes) is 1. The smallest absolute Gasteiger partial charge is 0.142 e. The number of nitrogens with one attached hydrogen (secondary N) is 1. The highest BCUT2D eigenvalue weighted by Crippen LogP contribution is 2.28. The van der Waals surface area contributed by atoms with E-state index in [-0.39, 0.29) is 0 Å². The monoisotopic (exact) mass is 269 g/mol. The summed E-state index contributed by atoms with van der Waals surface area (Å²) in [5.74, 6) is 1.48. The highest BCUT2D eigenvalue weighted by molar-refractivity contribution is 6.32. The minimum Gasteiger partial charge on any atom is -0.492 e. The molecule has 0 radical (unpaired) electrons. The van der Waals surface area contributed by atoms with E-state index in [9.17, 15) is 0 Å². The lowest BCUT2D eigenvalue weighted by Crippen LogP contribution is -2.19. The lowest BCUT2D eigenvalue weighted by atomic mass is 10.1. The van der Waals surface area contributed by atoms with Gasteiger partial charge in [-0.2, -0.15) is 0 Å². The molecule has 0 spiro atoms. The first-order chi connectivity index (χ1) is 8.65. The van der Waals surface area contributed by atoms with Crippen molar-refractivity contribution < 1.29 is 4.74 Å². The fraction of sp³-hybridized carbons (Fsp3) is 0.600. The molecule has 0 fully saturated rings. The summed E-state index contributed by atoms with van der Waals surface area (Å²) in [4.78, 5) is 0. The first-order valence-electron chi connectivity index (χ1n) is 6.76. The SMILES string of the molecule is CCCCOc1c(Cl)cccc1CNCC(C)C. The van der Waals surface area contributed by atoms with Gasteiger partial charge in [-0.3, -0.25) is 0 Å². The van der Waals surface area contributed by atoms with Crippen molar-refractivity contribution in [1.82, 2.24) is 5.32 Å². The molecule has 0 atom stereocenters. The van der Waals surface area contributed by atoms with Crippen LogP contribution in [0.3, 0.4) is 0 Å². The van der Waals surface area contributed by atoms with Crippen LogP contribution in [0, 0.1) is 5.92 Å². The standard InChI is InChI=1S/C15H24ClNO/c1-4-5-9-18-15-13(7-6-8-14(15)16)11-17-10-12(2)3/h6-8,12,17H,4-5,9-11H2,1-3H3. The van der Waals surface area contributed by atoms with Crippen LogP contribution in [0.15, 0.2) is 18.2 Å². The molecule has 18 heavy (non-hydrogen) atoms. The Morgan fingerprint density at radius 2 is 2.11 bits per heavy atom. The summed E-state index contributed by atoms with van der Waals surface area (Å²) in [6, 6.07) is 5.93. The zero-order chi connectivity index (χ0) is 13.4. The first kappa shape index (κ1) is 15.3. The van der Waals surface area contributed by atoms with Crippen molar-refractivity contribution in [1.29, 1.82) is 0 Å². The summed E-state index contributed by atoms with van der Waals surface area (Å²) >= 11 is 6.20. The van der Waals surface area contributed by atoms with Gasteiger partial charge < -0.3 is 10.1 Å². The average Bonchev–Trinajstić information content (AvgIpc) is 2.32. The summed E-state index contributed by atoms with van der Waals surface area (Å²) < 4.78 is 5.79. The van der Waals surface area contributed by atoms with Crippen molar-refractivity contribution in [3.05, 3.63) is 28.8 Å². The van der Waals surface area contributed by atoms with Gasteiger partial charge in [0.15, 0.2) is 0 Å². The Bertz CT molecular complexity index is 352. The van der Waals surface area contributed by atoms with Crippen LogP contribution in [0.2, 0.25) is 5.02 Å². The van der Waals surface area contributed by atoms with E-state index in [0.717, 1.165) is 43.9 Å². The van der Waals surface area contributed by atoms with Crippen molar-refractivity contribution in [2.24, 2.45) is 5.92 Å². The van der Waals surface area contributed by atoms with E-state index in [0.29, 0.717) is 10.9 Å². The van der Waals surface area contributed by atoms with Crippen molar-refractivity contribution in [2.45, 2.75) is 40.2 Å². The van der Waals surface area contributed by atoms with E-state index in [4.69, 9.17) is 16.3 Å². The average molecular weight is 270 g/mol. The number of hydrogen-bond acceptors (Lipinski definition) is 2. The van der Waals surface area contributed by atoms with Gasteiger partial charge in [0.05, 0.1) is 11.6 Å². The van der Waals surface area contributed by atoms with Gasteiger partial charge in [-0.05, 0) is 24.9 Å². The molecule has 0 aliphatic rings. The minimum absolute atomic E-state index is 0.647. The molecule has 0 unspecified atom stereocenters. The van der Waals surface area contributed by atoms with Crippen LogP contribution >= 0.6 is 11.6 Å². The molecule has 0 bridgehead atoms. The van der Waals surface area contributed by atoms with Crippen LogP contribution in [0.1, 0.15) is 39.2 Å².